The van der Waals surface area contributed by atoms with Gasteiger partial charge in [0.05, 0.1) is 0 Å². The summed E-state index contributed by atoms with van der Waals surface area (Å²) in [5, 5.41) is 6.25. The summed E-state index contributed by atoms with van der Waals surface area (Å²) >= 11 is 0. The lowest BCUT2D eigenvalue weighted by Gasteiger charge is -2.30. The zero-order valence-corrected chi connectivity index (χ0v) is 12.6. The van der Waals surface area contributed by atoms with Gasteiger partial charge in [0.1, 0.15) is 11.6 Å². The second-order valence-corrected chi connectivity index (χ2v) is 5.10. The molecule has 0 radical (unpaired) electrons. The predicted molar refractivity (Wildman–Crippen MR) is 81.5 cm³/mol. The molecular weight excluding hydrogens is 240 g/mol. The maximum atomic E-state index is 5.65. The van der Waals surface area contributed by atoms with Crippen molar-refractivity contribution in [2.45, 2.75) is 39.8 Å². The van der Waals surface area contributed by atoms with Crippen molar-refractivity contribution in [3.63, 3.8) is 0 Å². The molecule has 1 rings (SSSR count). The highest BCUT2D eigenvalue weighted by atomic mass is 15.2. The van der Waals surface area contributed by atoms with Gasteiger partial charge in [-0.05, 0) is 27.7 Å². The first kappa shape index (κ1) is 15.5. The van der Waals surface area contributed by atoms with E-state index in [0.717, 1.165) is 24.7 Å². The number of hydrogen-bond donors (Lipinski definition) is 3. The predicted octanol–water partition coefficient (Wildman–Crippen LogP) is 1.63. The van der Waals surface area contributed by atoms with Crippen LogP contribution in [0.3, 0.4) is 0 Å². The lowest BCUT2D eigenvalue weighted by molar-refractivity contribution is 0.182. The van der Waals surface area contributed by atoms with Gasteiger partial charge in [-0.15, -0.1) is 0 Å². The Morgan fingerprint density at radius 2 is 1.74 bits per heavy atom. The fourth-order valence-corrected chi connectivity index (χ4v) is 2.11. The number of hydrogen-bond acceptors (Lipinski definition) is 6. The molecule has 1 heterocycles. The lowest BCUT2D eigenvalue weighted by Crippen LogP contribution is -2.40. The number of nitrogens with two attached hydrogens (primary N) is 1. The summed E-state index contributed by atoms with van der Waals surface area (Å²) in [5.41, 5.74) is 5.65. The second kappa shape index (κ2) is 7.13. The first-order valence-corrected chi connectivity index (χ1v) is 6.76. The monoisotopic (exact) mass is 266 g/mol. The molecule has 6 nitrogen and oxygen atoms in total. The minimum Gasteiger partial charge on any atom is -0.373 e. The minimum absolute atomic E-state index is 0.277. The Kier molecular flexibility index (Phi) is 5.82. The maximum Gasteiger partial charge on any atom is 0.223 e. The molecule has 0 amide bonds. The van der Waals surface area contributed by atoms with E-state index in [1.807, 2.05) is 13.1 Å². The van der Waals surface area contributed by atoms with Gasteiger partial charge in [0, 0.05) is 38.3 Å². The molecule has 0 aliphatic heterocycles. The van der Waals surface area contributed by atoms with Crippen LogP contribution >= 0.6 is 0 Å². The summed E-state index contributed by atoms with van der Waals surface area (Å²) in [7, 11) is 1.81. The van der Waals surface area contributed by atoms with Crippen LogP contribution < -0.4 is 16.4 Å². The highest BCUT2D eigenvalue weighted by Crippen LogP contribution is 2.12. The third-order valence-corrected chi connectivity index (χ3v) is 3.00. The van der Waals surface area contributed by atoms with Crippen LogP contribution in [0.4, 0.5) is 17.6 Å². The van der Waals surface area contributed by atoms with Gasteiger partial charge in [0.2, 0.25) is 5.95 Å². The highest BCUT2D eigenvalue weighted by Gasteiger charge is 2.12. The Balaban J connectivity index is 2.55. The van der Waals surface area contributed by atoms with Crippen LogP contribution in [0.5, 0.6) is 0 Å². The van der Waals surface area contributed by atoms with Crippen LogP contribution in [0.15, 0.2) is 6.07 Å². The van der Waals surface area contributed by atoms with E-state index in [1.54, 1.807) is 0 Å². The molecule has 1 aromatic rings. The molecule has 108 valence electrons. The van der Waals surface area contributed by atoms with E-state index >= 15 is 0 Å². The number of nitrogens with zero attached hydrogens (tertiary/aromatic N) is 3. The fraction of sp³-hybridized carbons (Fsp3) is 0.692. The van der Waals surface area contributed by atoms with Crippen LogP contribution in [0.1, 0.15) is 27.7 Å². The van der Waals surface area contributed by atoms with Crippen molar-refractivity contribution in [3.8, 4) is 0 Å². The molecule has 0 spiro atoms. The Bertz CT molecular complexity index is 383. The third kappa shape index (κ3) is 4.90. The molecule has 1 aromatic heterocycles. The first-order chi connectivity index (χ1) is 8.93. The first-order valence-electron chi connectivity index (χ1n) is 6.76. The van der Waals surface area contributed by atoms with E-state index in [9.17, 15) is 0 Å². The summed E-state index contributed by atoms with van der Waals surface area (Å²) in [5.74, 6) is 1.75. The summed E-state index contributed by atoms with van der Waals surface area (Å²) < 4.78 is 0. The van der Waals surface area contributed by atoms with Crippen molar-refractivity contribution in [3.05, 3.63) is 6.07 Å². The van der Waals surface area contributed by atoms with Crippen molar-refractivity contribution >= 4 is 17.6 Å². The molecule has 19 heavy (non-hydrogen) atoms. The Morgan fingerprint density at radius 3 is 2.26 bits per heavy atom. The molecule has 0 saturated carbocycles. The quantitative estimate of drug-likeness (QED) is 0.696. The summed E-state index contributed by atoms with van der Waals surface area (Å²) in [6.07, 6.45) is 0. The lowest BCUT2D eigenvalue weighted by atomic mass is 10.2. The van der Waals surface area contributed by atoms with Gasteiger partial charge in [-0.25, -0.2) is 0 Å². The van der Waals surface area contributed by atoms with Gasteiger partial charge in [-0.3, -0.25) is 4.90 Å². The maximum absolute atomic E-state index is 5.65. The van der Waals surface area contributed by atoms with Crippen LogP contribution in [0, 0.1) is 0 Å². The number of rotatable bonds is 7. The number of nitrogen functional groups attached to an aromatic ring is 1. The summed E-state index contributed by atoms with van der Waals surface area (Å²) in [6, 6.07) is 2.92. The van der Waals surface area contributed by atoms with E-state index in [4.69, 9.17) is 5.73 Å². The topological polar surface area (TPSA) is 79.1 Å². The molecule has 0 unspecified atom stereocenters. The molecular formula is C13H26N6. The molecule has 0 fully saturated rings. The third-order valence-electron chi connectivity index (χ3n) is 3.00. The van der Waals surface area contributed by atoms with Gasteiger partial charge in [0.25, 0.3) is 0 Å². The number of nitrogens with one attached hydrogen (secondary N) is 2. The summed E-state index contributed by atoms with van der Waals surface area (Å²) in [4.78, 5) is 10.6. The Hall–Kier alpha value is -1.56. The minimum atomic E-state index is 0.277. The van der Waals surface area contributed by atoms with Crippen LogP contribution in [0.25, 0.3) is 0 Å². The smallest absolute Gasteiger partial charge is 0.223 e. The van der Waals surface area contributed by atoms with Crippen molar-refractivity contribution in [1.29, 1.82) is 0 Å². The van der Waals surface area contributed by atoms with Crippen LogP contribution in [0.2, 0.25) is 0 Å². The molecule has 0 bridgehead atoms. The van der Waals surface area contributed by atoms with E-state index in [1.165, 1.54) is 0 Å². The Morgan fingerprint density at radius 1 is 1.16 bits per heavy atom. The van der Waals surface area contributed by atoms with Gasteiger partial charge in [0.15, 0.2) is 0 Å². The molecule has 0 saturated heterocycles. The number of aromatic nitrogens is 2. The Labute approximate surface area is 115 Å². The second-order valence-electron chi connectivity index (χ2n) is 5.10. The average Bonchev–Trinajstić information content (AvgIpc) is 2.32. The molecule has 4 N–H and O–H groups in total. The van der Waals surface area contributed by atoms with E-state index in [2.05, 4.69) is 53.2 Å². The van der Waals surface area contributed by atoms with Crippen LogP contribution in [-0.4, -0.2) is 47.1 Å². The van der Waals surface area contributed by atoms with Crippen molar-refractivity contribution in [2.75, 3.05) is 36.5 Å². The van der Waals surface area contributed by atoms with Crippen LogP contribution in [-0.2, 0) is 0 Å². The van der Waals surface area contributed by atoms with Crippen molar-refractivity contribution in [2.24, 2.45) is 0 Å². The standard InChI is InChI=1S/C13H26N6/c1-9(2)19(10(3)4)7-6-16-12-8-11(15-5)17-13(14)18-12/h8-10H,6-7H2,1-5H3,(H4,14,15,16,17,18). The average molecular weight is 266 g/mol. The molecule has 0 aliphatic rings. The normalized spacial score (nSPS) is 11.4. The molecule has 6 heteroatoms. The van der Waals surface area contributed by atoms with E-state index in [0.29, 0.717) is 12.1 Å². The van der Waals surface area contributed by atoms with E-state index in [-0.39, 0.29) is 5.95 Å². The van der Waals surface area contributed by atoms with Crippen molar-refractivity contribution < 1.29 is 0 Å². The van der Waals surface area contributed by atoms with Crippen molar-refractivity contribution in [1.82, 2.24) is 14.9 Å². The molecule has 0 aliphatic carbocycles. The molecule has 0 aromatic carbocycles. The van der Waals surface area contributed by atoms with Gasteiger partial charge >= 0.3 is 0 Å². The highest BCUT2D eigenvalue weighted by molar-refractivity contribution is 5.50. The van der Waals surface area contributed by atoms with Gasteiger partial charge < -0.3 is 16.4 Å². The van der Waals surface area contributed by atoms with Gasteiger partial charge in [-0.2, -0.15) is 9.97 Å². The largest absolute Gasteiger partial charge is 0.373 e. The molecule has 0 atom stereocenters. The van der Waals surface area contributed by atoms with Gasteiger partial charge in [-0.1, -0.05) is 0 Å². The van der Waals surface area contributed by atoms with E-state index < -0.39 is 0 Å². The SMILES string of the molecule is CNc1cc(NCCN(C(C)C)C(C)C)nc(N)n1. The zero-order valence-electron chi connectivity index (χ0n) is 12.6. The fourth-order valence-electron chi connectivity index (χ4n) is 2.11. The summed E-state index contributed by atoms with van der Waals surface area (Å²) in [6.45, 7) is 10.6. The zero-order chi connectivity index (χ0) is 14.4. The number of anilines is 3.